The summed E-state index contributed by atoms with van der Waals surface area (Å²) in [5, 5.41) is 2.95. The molecule has 2 aliphatic heterocycles. The van der Waals surface area contributed by atoms with Crippen molar-refractivity contribution in [3.63, 3.8) is 0 Å². The van der Waals surface area contributed by atoms with Gasteiger partial charge in [-0.3, -0.25) is 19.3 Å². The minimum Gasteiger partial charge on any atom is -0.325 e. The third kappa shape index (κ3) is 4.62. The van der Waals surface area contributed by atoms with Gasteiger partial charge in [0.2, 0.25) is 11.8 Å². The largest absolute Gasteiger partial charge is 0.325 e. The fourth-order valence-corrected chi connectivity index (χ4v) is 5.34. The predicted octanol–water partition coefficient (Wildman–Crippen LogP) is 4.26. The van der Waals surface area contributed by atoms with E-state index in [4.69, 9.17) is 0 Å². The summed E-state index contributed by atoms with van der Waals surface area (Å²) in [6.07, 6.45) is 1.83. The zero-order chi connectivity index (χ0) is 24.4. The number of hydrogen-bond donors (Lipinski definition) is 1. The third-order valence-electron chi connectivity index (χ3n) is 7.25. The summed E-state index contributed by atoms with van der Waals surface area (Å²) < 4.78 is 0. The zero-order valence-corrected chi connectivity index (χ0v) is 19.9. The van der Waals surface area contributed by atoms with Crippen molar-refractivity contribution in [1.82, 2.24) is 4.90 Å². The lowest BCUT2D eigenvalue weighted by Gasteiger charge is -2.39. The first-order valence-corrected chi connectivity index (χ1v) is 12.0. The van der Waals surface area contributed by atoms with E-state index in [1.807, 2.05) is 41.3 Å². The lowest BCUT2D eigenvalue weighted by atomic mass is 9.74. The monoisotopic (exact) mass is 467 g/mol. The Labute approximate surface area is 205 Å². The van der Waals surface area contributed by atoms with Crippen molar-refractivity contribution in [1.29, 1.82) is 0 Å². The summed E-state index contributed by atoms with van der Waals surface area (Å²) >= 11 is 0. The Morgan fingerprint density at radius 1 is 0.829 bits per heavy atom. The van der Waals surface area contributed by atoms with Crippen LogP contribution in [-0.2, 0) is 15.0 Å². The van der Waals surface area contributed by atoms with E-state index in [0.29, 0.717) is 23.4 Å². The molecule has 0 radical (unpaired) electrons. The van der Waals surface area contributed by atoms with Crippen LogP contribution in [0.25, 0.3) is 0 Å². The highest BCUT2D eigenvalue weighted by Gasteiger charge is 2.45. The Kier molecular flexibility index (Phi) is 6.22. The Bertz CT molecular complexity index is 1250. The zero-order valence-electron chi connectivity index (χ0n) is 19.9. The van der Waals surface area contributed by atoms with Gasteiger partial charge in [-0.15, -0.1) is 0 Å². The highest BCUT2D eigenvalue weighted by atomic mass is 16.2. The van der Waals surface area contributed by atoms with Gasteiger partial charge in [-0.2, -0.15) is 0 Å². The molecule has 1 N–H and O–H groups in total. The molecule has 0 aromatic heterocycles. The lowest BCUT2D eigenvalue weighted by molar-refractivity contribution is -0.117. The van der Waals surface area contributed by atoms with E-state index in [9.17, 15) is 14.4 Å². The second kappa shape index (κ2) is 9.47. The highest BCUT2D eigenvalue weighted by molar-refractivity contribution is 6.09. The van der Waals surface area contributed by atoms with Crippen LogP contribution in [0.15, 0.2) is 78.9 Å². The van der Waals surface area contributed by atoms with Crippen molar-refractivity contribution in [2.75, 3.05) is 36.4 Å². The molecule has 2 heterocycles. The number of rotatable bonds is 5. The number of amides is 2. The van der Waals surface area contributed by atoms with E-state index in [-0.39, 0.29) is 23.0 Å². The van der Waals surface area contributed by atoms with Gasteiger partial charge in [0.25, 0.3) is 0 Å². The number of anilines is 2. The van der Waals surface area contributed by atoms with E-state index < -0.39 is 0 Å². The first-order chi connectivity index (χ1) is 16.9. The van der Waals surface area contributed by atoms with E-state index in [2.05, 4.69) is 16.3 Å². The molecular weight excluding hydrogens is 438 g/mol. The predicted molar refractivity (Wildman–Crippen MR) is 137 cm³/mol. The quantitative estimate of drug-likeness (QED) is 0.570. The van der Waals surface area contributed by atoms with Crippen LogP contribution in [0.1, 0.15) is 41.3 Å². The molecular formula is C29H29N3O3. The number of likely N-dealkylation sites (tertiary alicyclic amines) is 1. The molecule has 178 valence electrons. The van der Waals surface area contributed by atoms with Gasteiger partial charge >= 0.3 is 0 Å². The average Bonchev–Trinajstić information content (AvgIpc) is 3.20. The van der Waals surface area contributed by atoms with Gasteiger partial charge in [-0.05, 0) is 61.8 Å². The van der Waals surface area contributed by atoms with Crippen LogP contribution in [-0.4, -0.2) is 48.7 Å². The Morgan fingerprint density at radius 3 is 2.14 bits per heavy atom. The first kappa shape index (κ1) is 23.0. The molecule has 35 heavy (non-hydrogen) atoms. The second-order valence-corrected chi connectivity index (χ2v) is 9.50. The number of piperidine rings is 1. The van der Waals surface area contributed by atoms with Gasteiger partial charge in [0.05, 0.1) is 6.54 Å². The molecule has 3 aromatic rings. The Hall–Kier alpha value is -3.77. The molecule has 1 saturated heterocycles. The fourth-order valence-electron chi connectivity index (χ4n) is 5.34. The van der Waals surface area contributed by atoms with Crippen LogP contribution in [0.5, 0.6) is 0 Å². The summed E-state index contributed by atoms with van der Waals surface area (Å²) in [5.41, 5.74) is 4.16. The number of fused-ring (bicyclic) bond motifs is 2. The molecule has 0 atom stereocenters. The van der Waals surface area contributed by atoms with Gasteiger partial charge < -0.3 is 10.2 Å². The maximum atomic E-state index is 12.7. The lowest BCUT2D eigenvalue weighted by Crippen LogP contribution is -2.47. The number of nitrogens with zero attached hydrogens (tertiary/aromatic N) is 2. The number of benzene rings is 3. The molecule has 6 nitrogen and oxygen atoms in total. The number of para-hydroxylation sites is 1. The Morgan fingerprint density at radius 2 is 1.46 bits per heavy atom. The van der Waals surface area contributed by atoms with Crippen LogP contribution in [0.3, 0.4) is 0 Å². The van der Waals surface area contributed by atoms with Crippen LogP contribution in [0.2, 0.25) is 0 Å². The minimum absolute atomic E-state index is 0.0314. The number of ketones is 1. The fraction of sp³-hybridized carbons (Fsp3) is 0.276. The van der Waals surface area contributed by atoms with Gasteiger partial charge in [0.1, 0.15) is 0 Å². The molecule has 0 bridgehead atoms. The van der Waals surface area contributed by atoms with Crippen molar-refractivity contribution in [2.24, 2.45) is 0 Å². The first-order valence-electron chi connectivity index (χ1n) is 12.0. The maximum Gasteiger partial charge on any atom is 0.238 e. The van der Waals surface area contributed by atoms with E-state index >= 15 is 0 Å². The molecule has 0 saturated carbocycles. The molecule has 2 amide bonds. The maximum absolute atomic E-state index is 12.7. The van der Waals surface area contributed by atoms with E-state index in [1.54, 1.807) is 43.3 Å². The number of nitrogens with one attached hydrogen (secondary N) is 1. The van der Waals surface area contributed by atoms with Gasteiger partial charge in [0, 0.05) is 41.4 Å². The Balaban J connectivity index is 1.17. The van der Waals surface area contributed by atoms with Crippen LogP contribution < -0.4 is 10.2 Å². The summed E-state index contributed by atoms with van der Waals surface area (Å²) in [4.78, 5) is 41.5. The molecule has 1 fully saturated rings. The van der Waals surface area contributed by atoms with Crippen molar-refractivity contribution < 1.29 is 14.4 Å². The van der Waals surface area contributed by atoms with Crippen molar-refractivity contribution in [2.45, 2.75) is 25.2 Å². The smallest absolute Gasteiger partial charge is 0.238 e. The molecule has 0 aliphatic carbocycles. The molecule has 1 spiro atoms. The summed E-state index contributed by atoms with van der Waals surface area (Å²) in [5.74, 6) is -0.0320. The SMILES string of the molecule is CC(=O)N1CC2(CCN(CC(=O)Nc3ccc(C(=O)c4ccccc4)cc3)CC2)c2ccccc21. The van der Waals surface area contributed by atoms with E-state index in [1.165, 1.54) is 5.56 Å². The van der Waals surface area contributed by atoms with E-state index in [0.717, 1.165) is 38.2 Å². The average molecular weight is 468 g/mol. The van der Waals surface area contributed by atoms with Crippen molar-refractivity contribution in [3.05, 3.63) is 95.6 Å². The highest BCUT2D eigenvalue weighted by Crippen LogP contribution is 2.46. The topological polar surface area (TPSA) is 69.7 Å². The number of carbonyl (C=O) groups is 3. The summed E-state index contributed by atoms with van der Waals surface area (Å²) in [6.45, 7) is 4.27. The van der Waals surface area contributed by atoms with Gasteiger partial charge in [-0.25, -0.2) is 0 Å². The summed E-state index contributed by atoms with van der Waals surface area (Å²) in [7, 11) is 0. The second-order valence-electron chi connectivity index (χ2n) is 9.50. The summed E-state index contributed by atoms with van der Waals surface area (Å²) in [6, 6.07) is 24.4. The molecule has 5 rings (SSSR count). The molecule has 0 unspecified atom stereocenters. The third-order valence-corrected chi connectivity index (χ3v) is 7.25. The molecule has 6 heteroatoms. The molecule has 3 aromatic carbocycles. The van der Waals surface area contributed by atoms with Gasteiger partial charge in [0.15, 0.2) is 5.78 Å². The molecule has 2 aliphatic rings. The van der Waals surface area contributed by atoms with Crippen LogP contribution in [0.4, 0.5) is 11.4 Å². The minimum atomic E-state index is -0.0692. The number of carbonyl (C=O) groups excluding carboxylic acids is 3. The standard InChI is InChI=1S/C29H29N3O3/c1-21(33)32-20-29(25-9-5-6-10-26(25)32)15-17-31(18-16-29)19-27(34)30-24-13-11-23(12-14-24)28(35)22-7-3-2-4-8-22/h2-14H,15-20H2,1H3,(H,30,34). The number of hydrogen-bond acceptors (Lipinski definition) is 4. The normalized spacial score (nSPS) is 16.7. The van der Waals surface area contributed by atoms with Crippen molar-refractivity contribution >= 4 is 29.0 Å². The van der Waals surface area contributed by atoms with Crippen LogP contribution >= 0.6 is 0 Å². The van der Waals surface area contributed by atoms with Crippen LogP contribution in [0, 0.1) is 0 Å². The van der Waals surface area contributed by atoms with Crippen molar-refractivity contribution in [3.8, 4) is 0 Å². The van der Waals surface area contributed by atoms with Gasteiger partial charge in [-0.1, -0.05) is 48.5 Å².